The van der Waals surface area contributed by atoms with Crippen molar-refractivity contribution in [3.63, 3.8) is 0 Å². The molecule has 1 saturated heterocycles. The summed E-state index contributed by atoms with van der Waals surface area (Å²) in [5, 5.41) is 6.22. The number of rotatable bonds is 5. The fourth-order valence-corrected chi connectivity index (χ4v) is 4.52. The van der Waals surface area contributed by atoms with Gasteiger partial charge in [0.25, 0.3) is 0 Å². The monoisotopic (exact) mass is 331 g/mol. The van der Waals surface area contributed by atoms with E-state index in [-0.39, 0.29) is 16.0 Å². The highest BCUT2D eigenvalue weighted by atomic mass is 32.2. The summed E-state index contributed by atoms with van der Waals surface area (Å²) in [6.45, 7) is 3.32. The number of nitrogens with one attached hydrogen (secondary N) is 3. The van der Waals surface area contributed by atoms with Gasteiger partial charge in [0.15, 0.2) is 0 Å². The predicted octanol–water partition coefficient (Wildman–Crippen LogP) is 0.660. The lowest BCUT2D eigenvalue weighted by molar-refractivity contribution is -0.126. The van der Waals surface area contributed by atoms with E-state index >= 15 is 0 Å². The molecule has 0 aliphatic carbocycles. The van der Waals surface area contributed by atoms with Gasteiger partial charge in [-0.15, -0.1) is 11.3 Å². The largest absolute Gasteiger partial charge is 0.351 e. The van der Waals surface area contributed by atoms with Crippen LogP contribution in [-0.2, 0) is 21.4 Å². The quantitative estimate of drug-likeness (QED) is 0.740. The molecule has 0 radical (unpaired) electrons. The van der Waals surface area contributed by atoms with E-state index in [1.807, 2.05) is 0 Å². The molecule has 2 atom stereocenters. The molecule has 2 heterocycles. The smallest absolute Gasteiger partial charge is 0.249 e. The summed E-state index contributed by atoms with van der Waals surface area (Å²) in [5.41, 5.74) is 0. The Balaban J connectivity index is 1.90. The van der Waals surface area contributed by atoms with Gasteiger partial charge in [-0.2, -0.15) is 0 Å². The maximum atomic E-state index is 12.1. The summed E-state index contributed by atoms with van der Waals surface area (Å²) in [6.07, 6.45) is 1.69. The number of carbonyl (C=O) groups excluding carboxylic acids is 1. The summed E-state index contributed by atoms with van der Waals surface area (Å²) in [5.74, 6) is 0.0940. The SMILES string of the molecule is CNS(=O)(=O)c1ccc(CNC(=O)[C@H]2CCN[C@@H](C)C2)s1. The van der Waals surface area contributed by atoms with Crippen LogP contribution in [-0.4, -0.2) is 34.0 Å². The van der Waals surface area contributed by atoms with Gasteiger partial charge in [-0.3, -0.25) is 4.79 Å². The lowest BCUT2D eigenvalue weighted by atomic mass is 9.92. The molecule has 1 fully saturated rings. The maximum Gasteiger partial charge on any atom is 0.249 e. The van der Waals surface area contributed by atoms with Gasteiger partial charge in [-0.25, -0.2) is 13.1 Å². The number of thiophene rings is 1. The lowest BCUT2D eigenvalue weighted by Gasteiger charge is -2.27. The van der Waals surface area contributed by atoms with Gasteiger partial charge in [0.1, 0.15) is 4.21 Å². The second kappa shape index (κ2) is 6.87. The maximum absolute atomic E-state index is 12.1. The summed E-state index contributed by atoms with van der Waals surface area (Å²) in [6, 6.07) is 3.66. The van der Waals surface area contributed by atoms with E-state index < -0.39 is 10.0 Å². The van der Waals surface area contributed by atoms with Crippen molar-refractivity contribution in [1.29, 1.82) is 0 Å². The molecule has 0 spiro atoms. The molecule has 1 aliphatic rings. The van der Waals surface area contributed by atoms with Crippen LogP contribution in [0.5, 0.6) is 0 Å². The van der Waals surface area contributed by atoms with Crippen molar-refractivity contribution in [3.8, 4) is 0 Å². The van der Waals surface area contributed by atoms with Crippen LogP contribution in [0.3, 0.4) is 0 Å². The normalized spacial score (nSPS) is 23.0. The van der Waals surface area contributed by atoms with Crippen molar-refractivity contribution in [2.75, 3.05) is 13.6 Å². The Hall–Kier alpha value is -0.960. The van der Waals surface area contributed by atoms with Gasteiger partial charge in [0.05, 0.1) is 6.54 Å². The molecule has 0 saturated carbocycles. The zero-order chi connectivity index (χ0) is 15.5. The third kappa shape index (κ3) is 4.26. The van der Waals surface area contributed by atoms with Crippen LogP contribution in [0.4, 0.5) is 0 Å². The molecule has 8 heteroatoms. The number of sulfonamides is 1. The third-order valence-corrected chi connectivity index (χ3v) is 6.59. The van der Waals surface area contributed by atoms with Crippen molar-refractivity contribution < 1.29 is 13.2 Å². The number of amides is 1. The number of hydrogen-bond acceptors (Lipinski definition) is 5. The lowest BCUT2D eigenvalue weighted by Crippen LogP contribution is -2.42. The van der Waals surface area contributed by atoms with Crippen LogP contribution >= 0.6 is 11.3 Å². The van der Waals surface area contributed by atoms with E-state index in [4.69, 9.17) is 0 Å². The van der Waals surface area contributed by atoms with Crippen molar-refractivity contribution in [2.45, 2.75) is 36.6 Å². The highest BCUT2D eigenvalue weighted by molar-refractivity contribution is 7.91. The highest BCUT2D eigenvalue weighted by Crippen LogP contribution is 2.21. The van der Waals surface area contributed by atoms with Crippen LogP contribution < -0.4 is 15.4 Å². The first-order chi connectivity index (χ1) is 9.92. The molecule has 118 valence electrons. The van der Waals surface area contributed by atoms with Crippen LogP contribution in [0.25, 0.3) is 0 Å². The topological polar surface area (TPSA) is 87.3 Å². The number of hydrogen-bond donors (Lipinski definition) is 3. The van der Waals surface area contributed by atoms with E-state index in [1.54, 1.807) is 12.1 Å². The van der Waals surface area contributed by atoms with E-state index in [1.165, 1.54) is 18.4 Å². The molecule has 6 nitrogen and oxygen atoms in total. The fourth-order valence-electron chi connectivity index (χ4n) is 2.39. The Morgan fingerprint density at radius 1 is 1.48 bits per heavy atom. The molecule has 0 aromatic carbocycles. The minimum absolute atomic E-state index is 0.0433. The number of carbonyl (C=O) groups is 1. The zero-order valence-corrected chi connectivity index (χ0v) is 13.8. The summed E-state index contributed by atoms with van der Waals surface area (Å²) in [7, 11) is -2.01. The average molecular weight is 331 g/mol. The van der Waals surface area contributed by atoms with Crippen molar-refractivity contribution >= 4 is 27.3 Å². The first-order valence-electron chi connectivity index (χ1n) is 6.95. The predicted molar refractivity (Wildman–Crippen MR) is 82.6 cm³/mol. The molecule has 1 aromatic heterocycles. The fraction of sp³-hybridized carbons (Fsp3) is 0.615. The minimum Gasteiger partial charge on any atom is -0.351 e. The van der Waals surface area contributed by atoms with Crippen molar-refractivity contribution in [2.24, 2.45) is 5.92 Å². The molecule has 3 N–H and O–H groups in total. The van der Waals surface area contributed by atoms with Crippen LogP contribution in [0.2, 0.25) is 0 Å². The van der Waals surface area contributed by atoms with Gasteiger partial charge in [-0.1, -0.05) is 0 Å². The Bertz CT molecular complexity index is 598. The standard InChI is InChI=1S/C13H21N3O3S2/c1-9-7-10(5-6-15-9)13(17)16-8-11-3-4-12(20-11)21(18,19)14-2/h3-4,9-10,14-15H,5-8H2,1-2H3,(H,16,17)/t9-,10-/m0/s1. The number of piperidine rings is 1. The van der Waals surface area contributed by atoms with E-state index in [9.17, 15) is 13.2 Å². The molecular formula is C13H21N3O3S2. The third-order valence-electron chi connectivity index (χ3n) is 3.60. The van der Waals surface area contributed by atoms with Crippen LogP contribution in [0.1, 0.15) is 24.6 Å². The molecule has 21 heavy (non-hydrogen) atoms. The van der Waals surface area contributed by atoms with Gasteiger partial charge in [0.2, 0.25) is 15.9 Å². The highest BCUT2D eigenvalue weighted by Gasteiger charge is 2.24. The Morgan fingerprint density at radius 2 is 2.24 bits per heavy atom. The van der Waals surface area contributed by atoms with Crippen molar-refractivity contribution in [1.82, 2.24) is 15.4 Å². The molecule has 1 amide bonds. The molecule has 1 aromatic rings. The van der Waals surface area contributed by atoms with Gasteiger partial charge in [0, 0.05) is 16.8 Å². The Kier molecular flexibility index (Phi) is 5.37. The zero-order valence-electron chi connectivity index (χ0n) is 12.2. The summed E-state index contributed by atoms with van der Waals surface area (Å²) < 4.78 is 25.8. The first kappa shape index (κ1) is 16.4. The molecule has 0 unspecified atom stereocenters. The van der Waals surface area contributed by atoms with E-state index in [2.05, 4.69) is 22.3 Å². The van der Waals surface area contributed by atoms with E-state index in [0.29, 0.717) is 12.6 Å². The second-order valence-corrected chi connectivity index (χ2v) is 8.50. The van der Waals surface area contributed by atoms with Crippen LogP contribution in [0, 0.1) is 5.92 Å². The molecule has 1 aliphatic heterocycles. The Labute approximate surface area is 129 Å². The minimum atomic E-state index is -3.40. The summed E-state index contributed by atoms with van der Waals surface area (Å²) in [4.78, 5) is 12.9. The molecule has 0 bridgehead atoms. The van der Waals surface area contributed by atoms with E-state index in [0.717, 1.165) is 24.3 Å². The van der Waals surface area contributed by atoms with Gasteiger partial charge < -0.3 is 10.6 Å². The first-order valence-corrected chi connectivity index (χ1v) is 9.25. The van der Waals surface area contributed by atoms with Crippen LogP contribution in [0.15, 0.2) is 16.3 Å². The molecule has 2 rings (SSSR count). The second-order valence-electron chi connectivity index (χ2n) is 5.22. The average Bonchev–Trinajstić information content (AvgIpc) is 2.94. The summed E-state index contributed by atoms with van der Waals surface area (Å²) >= 11 is 1.18. The molecular weight excluding hydrogens is 310 g/mol. The van der Waals surface area contributed by atoms with Crippen molar-refractivity contribution in [3.05, 3.63) is 17.0 Å². The van der Waals surface area contributed by atoms with Gasteiger partial charge in [-0.05, 0) is 45.5 Å². The van der Waals surface area contributed by atoms with Gasteiger partial charge >= 0.3 is 0 Å². The Morgan fingerprint density at radius 3 is 2.90 bits per heavy atom.